The predicted octanol–water partition coefficient (Wildman–Crippen LogP) is 4.09. The van der Waals surface area contributed by atoms with Crippen LogP contribution in [0.4, 0.5) is 0 Å². The van der Waals surface area contributed by atoms with Gasteiger partial charge in [0.1, 0.15) is 11.7 Å². The van der Waals surface area contributed by atoms with Crippen molar-refractivity contribution in [3.63, 3.8) is 0 Å². The van der Waals surface area contributed by atoms with Crippen molar-refractivity contribution in [2.75, 3.05) is 0 Å². The Bertz CT molecular complexity index is 668. The van der Waals surface area contributed by atoms with E-state index in [-0.39, 0.29) is 5.92 Å². The lowest BCUT2D eigenvalue weighted by atomic mass is 10.0. The van der Waals surface area contributed by atoms with Gasteiger partial charge in [0, 0.05) is 11.3 Å². The van der Waals surface area contributed by atoms with Crippen LogP contribution in [0.15, 0.2) is 24.3 Å². The highest BCUT2D eigenvalue weighted by Crippen LogP contribution is 2.25. The molecule has 3 nitrogen and oxygen atoms in total. The molecule has 0 aliphatic carbocycles. The molecular formula is C17H19N3. The second-order valence-electron chi connectivity index (χ2n) is 5.16. The summed E-state index contributed by atoms with van der Waals surface area (Å²) in [6.07, 6.45) is 0.728. The first-order valence-corrected chi connectivity index (χ1v) is 6.88. The molecule has 1 aromatic carbocycles. The molecule has 1 atom stereocenters. The van der Waals surface area contributed by atoms with E-state index in [9.17, 15) is 5.26 Å². The molecule has 0 spiro atoms. The number of hydrogen-bond donors (Lipinski definition) is 0. The molecule has 2 rings (SSSR count). The Labute approximate surface area is 120 Å². The highest BCUT2D eigenvalue weighted by molar-refractivity contribution is 5.64. The van der Waals surface area contributed by atoms with Crippen LogP contribution in [-0.4, -0.2) is 9.97 Å². The summed E-state index contributed by atoms with van der Waals surface area (Å²) in [4.78, 5) is 9.02. The maximum absolute atomic E-state index is 9.19. The number of aromatic nitrogens is 2. The van der Waals surface area contributed by atoms with Gasteiger partial charge in [0.05, 0.1) is 11.8 Å². The first-order chi connectivity index (χ1) is 9.55. The molecule has 0 saturated heterocycles. The van der Waals surface area contributed by atoms with Crippen molar-refractivity contribution in [2.24, 2.45) is 0 Å². The maximum Gasteiger partial charge on any atom is 0.146 e. The number of aryl methyl sites for hydroxylation is 3. The monoisotopic (exact) mass is 265 g/mol. The van der Waals surface area contributed by atoms with E-state index in [1.54, 1.807) is 0 Å². The van der Waals surface area contributed by atoms with E-state index in [1.165, 1.54) is 11.1 Å². The van der Waals surface area contributed by atoms with Gasteiger partial charge in [-0.05, 0) is 38.8 Å². The summed E-state index contributed by atoms with van der Waals surface area (Å²) in [5.41, 5.74) is 5.34. The Morgan fingerprint density at radius 3 is 2.50 bits per heavy atom. The summed E-state index contributed by atoms with van der Waals surface area (Å²) < 4.78 is 0. The average molecular weight is 265 g/mol. The molecule has 0 fully saturated rings. The third-order valence-corrected chi connectivity index (χ3v) is 3.41. The van der Waals surface area contributed by atoms with Crippen molar-refractivity contribution in [2.45, 2.75) is 40.0 Å². The van der Waals surface area contributed by atoms with Crippen molar-refractivity contribution < 1.29 is 0 Å². The first-order valence-electron chi connectivity index (χ1n) is 6.88. The quantitative estimate of drug-likeness (QED) is 0.840. The molecule has 0 amide bonds. The topological polar surface area (TPSA) is 49.6 Å². The zero-order valence-electron chi connectivity index (χ0n) is 12.4. The van der Waals surface area contributed by atoms with Gasteiger partial charge in [0.25, 0.3) is 0 Å². The first kappa shape index (κ1) is 14.2. The lowest BCUT2D eigenvalue weighted by Gasteiger charge is -2.11. The average Bonchev–Trinajstić information content (AvgIpc) is 2.39. The Hall–Kier alpha value is -2.21. The zero-order valence-corrected chi connectivity index (χ0v) is 12.4. The van der Waals surface area contributed by atoms with E-state index in [0.717, 1.165) is 23.4 Å². The van der Waals surface area contributed by atoms with Crippen molar-refractivity contribution in [1.82, 2.24) is 9.97 Å². The number of benzene rings is 1. The molecular weight excluding hydrogens is 246 g/mol. The third-order valence-electron chi connectivity index (χ3n) is 3.41. The molecule has 0 saturated carbocycles. The molecule has 0 bridgehead atoms. The maximum atomic E-state index is 9.19. The van der Waals surface area contributed by atoms with E-state index < -0.39 is 0 Å². The highest BCUT2D eigenvalue weighted by atomic mass is 14.9. The van der Waals surface area contributed by atoms with Crippen LogP contribution in [0.2, 0.25) is 0 Å². The Morgan fingerprint density at radius 1 is 1.15 bits per heavy atom. The van der Waals surface area contributed by atoms with Crippen LogP contribution in [0.25, 0.3) is 11.3 Å². The minimum absolute atomic E-state index is 0.237. The van der Waals surface area contributed by atoms with Gasteiger partial charge in [-0.25, -0.2) is 9.97 Å². The van der Waals surface area contributed by atoms with Crippen LogP contribution in [0.3, 0.4) is 0 Å². The van der Waals surface area contributed by atoms with E-state index in [2.05, 4.69) is 48.1 Å². The molecule has 2 aromatic rings. The predicted molar refractivity (Wildman–Crippen MR) is 80.3 cm³/mol. The van der Waals surface area contributed by atoms with Crippen LogP contribution in [0, 0.1) is 32.1 Å². The largest absolute Gasteiger partial charge is 0.237 e. The van der Waals surface area contributed by atoms with Crippen LogP contribution >= 0.6 is 0 Å². The number of nitriles is 1. The molecule has 0 N–H and O–H groups in total. The molecule has 0 aliphatic heterocycles. The summed E-state index contributed by atoms with van der Waals surface area (Å²) in [5.74, 6) is 0.393. The van der Waals surface area contributed by atoms with E-state index in [4.69, 9.17) is 0 Å². The lowest BCUT2D eigenvalue weighted by molar-refractivity contribution is 0.746. The normalized spacial score (nSPS) is 11.9. The molecule has 0 aliphatic rings. The summed E-state index contributed by atoms with van der Waals surface area (Å²) in [6, 6.07) is 10.6. The minimum atomic E-state index is -0.237. The summed E-state index contributed by atoms with van der Waals surface area (Å²) >= 11 is 0. The van der Waals surface area contributed by atoms with E-state index in [1.807, 2.05) is 19.9 Å². The number of nitrogens with zero attached hydrogens (tertiary/aromatic N) is 3. The zero-order chi connectivity index (χ0) is 14.7. The molecule has 3 heteroatoms. The highest BCUT2D eigenvalue weighted by Gasteiger charge is 2.14. The molecule has 1 aromatic heterocycles. The fourth-order valence-corrected chi connectivity index (χ4v) is 2.32. The van der Waals surface area contributed by atoms with E-state index >= 15 is 0 Å². The van der Waals surface area contributed by atoms with E-state index in [0.29, 0.717) is 5.82 Å². The van der Waals surface area contributed by atoms with Gasteiger partial charge in [0.15, 0.2) is 0 Å². The molecule has 0 radical (unpaired) electrons. The number of rotatable bonds is 3. The summed E-state index contributed by atoms with van der Waals surface area (Å²) in [5, 5.41) is 9.19. The van der Waals surface area contributed by atoms with Crippen molar-refractivity contribution in [1.29, 1.82) is 5.26 Å². The van der Waals surface area contributed by atoms with Gasteiger partial charge in [0.2, 0.25) is 0 Å². The van der Waals surface area contributed by atoms with Crippen LogP contribution in [0.1, 0.15) is 41.9 Å². The van der Waals surface area contributed by atoms with Crippen LogP contribution in [-0.2, 0) is 0 Å². The molecule has 1 heterocycles. The van der Waals surface area contributed by atoms with Gasteiger partial charge < -0.3 is 0 Å². The van der Waals surface area contributed by atoms with Gasteiger partial charge in [-0.15, -0.1) is 0 Å². The third kappa shape index (κ3) is 2.85. The van der Waals surface area contributed by atoms with Gasteiger partial charge in [-0.2, -0.15) is 5.26 Å². The second kappa shape index (κ2) is 5.83. The molecule has 1 unspecified atom stereocenters. The SMILES string of the molecule is CCC(C#N)c1nc(C)cc(-c2ccc(C)cc2C)n1. The van der Waals surface area contributed by atoms with Gasteiger partial charge in [-0.3, -0.25) is 0 Å². The smallest absolute Gasteiger partial charge is 0.146 e. The van der Waals surface area contributed by atoms with Gasteiger partial charge >= 0.3 is 0 Å². The Kier molecular flexibility index (Phi) is 4.14. The van der Waals surface area contributed by atoms with Crippen molar-refractivity contribution in [3.8, 4) is 17.3 Å². The van der Waals surface area contributed by atoms with Crippen LogP contribution < -0.4 is 0 Å². The number of hydrogen-bond acceptors (Lipinski definition) is 3. The van der Waals surface area contributed by atoms with Crippen LogP contribution in [0.5, 0.6) is 0 Å². The van der Waals surface area contributed by atoms with Gasteiger partial charge in [-0.1, -0.05) is 30.7 Å². The second-order valence-corrected chi connectivity index (χ2v) is 5.16. The standard InChI is InChI=1S/C17H19N3/c1-5-14(10-18)17-19-13(4)9-16(20-17)15-7-6-11(2)8-12(15)3/h6-9,14H,5H2,1-4H3. The molecule has 102 valence electrons. The fourth-order valence-electron chi connectivity index (χ4n) is 2.32. The van der Waals surface area contributed by atoms with Crippen molar-refractivity contribution in [3.05, 3.63) is 46.9 Å². The van der Waals surface area contributed by atoms with Crippen molar-refractivity contribution >= 4 is 0 Å². The molecule has 20 heavy (non-hydrogen) atoms. The fraction of sp³-hybridized carbons (Fsp3) is 0.353. The summed E-state index contributed by atoms with van der Waals surface area (Å²) in [6.45, 7) is 8.09. The Morgan fingerprint density at radius 2 is 1.90 bits per heavy atom. The lowest BCUT2D eigenvalue weighted by Crippen LogP contribution is -2.04. The Balaban J connectivity index is 2.55. The minimum Gasteiger partial charge on any atom is -0.237 e. The summed E-state index contributed by atoms with van der Waals surface area (Å²) in [7, 11) is 0.